The SMILES string of the molecule is NC(=O)NCC(=O)N1CCc2nc(-c3ccc(OC4CC(N5CCCCC5)C4)cc3)sc2C1. The van der Waals surface area contributed by atoms with Crippen molar-refractivity contribution in [3.05, 3.63) is 34.8 Å². The lowest BCUT2D eigenvalue weighted by atomic mass is 9.86. The molecule has 3 N–H and O–H groups in total. The first-order valence-electron chi connectivity index (χ1n) is 11.9. The van der Waals surface area contributed by atoms with E-state index in [1.54, 1.807) is 16.2 Å². The lowest BCUT2D eigenvalue weighted by molar-refractivity contribution is -0.130. The number of likely N-dealkylation sites (tertiary alicyclic amines) is 1. The van der Waals surface area contributed by atoms with E-state index in [2.05, 4.69) is 22.3 Å². The molecule has 0 spiro atoms. The highest BCUT2D eigenvalue weighted by atomic mass is 32.1. The van der Waals surface area contributed by atoms with Crippen LogP contribution in [0.3, 0.4) is 0 Å². The summed E-state index contributed by atoms with van der Waals surface area (Å²) in [5, 5.41) is 3.33. The summed E-state index contributed by atoms with van der Waals surface area (Å²) in [6.07, 6.45) is 7.35. The van der Waals surface area contributed by atoms with E-state index < -0.39 is 6.03 Å². The van der Waals surface area contributed by atoms with Crippen LogP contribution in [0.4, 0.5) is 4.79 Å². The number of thiazole rings is 1. The van der Waals surface area contributed by atoms with Gasteiger partial charge in [-0.15, -0.1) is 11.3 Å². The number of fused-ring (bicyclic) bond motifs is 1. The van der Waals surface area contributed by atoms with Crippen LogP contribution in [0.5, 0.6) is 5.75 Å². The van der Waals surface area contributed by atoms with Gasteiger partial charge in [0, 0.05) is 42.3 Å². The second kappa shape index (κ2) is 9.69. The number of rotatable bonds is 6. The second-order valence-electron chi connectivity index (χ2n) is 9.16. The summed E-state index contributed by atoms with van der Waals surface area (Å²) in [7, 11) is 0. The van der Waals surface area contributed by atoms with Gasteiger partial charge in [-0.25, -0.2) is 9.78 Å². The Morgan fingerprint density at radius 3 is 2.61 bits per heavy atom. The third-order valence-electron chi connectivity index (χ3n) is 6.88. The monoisotopic (exact) mass is 469 g/mol. The van der Waals surface area contributed by atoms with Crippen LogP contribution < -0.4 is 15.8 Å². The maximum Gasteiger partial charge on any atom is 0.312 e. The standard InChI is InChI=1S/C24H31N5O3S/c25-24(31)26-14-22(30)29-11-8-20-21(15-29)33-23(27-20)16-4-6-18(7-5-16)32-19-12-17(13-19)28-9-2-1-3-10-28/h4-7,17,19H,1-3,8-15H2,(H3,25,26,31). The van der Waals surface area contributed by atoms with E-state index in [1.165, 1.54) is 32.4 Å². The van der Waals surface area contributed by atoms with Gasteiger partial charge in [-0.1, -0.05) is 6.42 Å². The molecule has 3 heterocycles. The van der Waals surface area contributed by atoms with E-state index in [0.29, 0.717) is 25.2 Å². The summed E-state index contributed by atoms with van der Waals surface area (Å²) in [6.45, 7) is 3.55. The Bertz CT molecular complexity index is 996. The van der Waals surface area contributed by atoms with Crippen molar-refractivity contribution in [1.82, 2.24) is 20.1 Å². The Hall–Kier alpha value is -2.65. The maximum absolute atomic E-state index is 12.3. The zero-order chi connectivity index (χ0) is 22.8. The number of amides is 3. The third kappa shape index (κ3) is 5.14. The van der Waals surface area contributed by atoms with E-state index in [-0.39, 0.29) is 12.5 Å². The van der Waals surface area contributed by atoms with Gasteiger partial charge in [-0.2, -0.15) is 0 Å². The van der Waals surface area contributed by atoms with Crippen molar-refractivity contribution in [2.24, 2.45) is 5.73 Å². The average Bonchev–Trinajstić information content (AvgIpc) is 3.24. The molecule has 0 atom stereocenters. The van der Waals surface area contributed by atoms with Crippen molar-refractivity contribution in [2.45, 2.75) is 57.2 Å². The number of piperidine rings is 1. The normalized spacial score (nSPS) is 22.8. The van der Waals surface area contributed by atoms with Gasteiger partial charge < -0.3 is 25.6 Å². The number of aromatic nitrogens is 1. The average molecular weight is 470 g/mol. The first kappa shape index (κ1) is 22.2. The molecule has 8 nitrogen and oxygen atoms in total. The number of primary amides is 1. The molecule has 1 saturated heterocycles. The van der Waals surface area contributed by atoms with Gasteiger partial charge in [0.05, 0.1) is 18.8 Å². The van der Waals surface area contributed by atoms with Crippen LogP contribution in [-0.4, -0.2) is 65.0 Å². The molecule has 176 valence electrons. The zero-order valence-corrected chi connectivity index (χ0v) is 19.6. The fourth-order valence-corrected chi connectivity index (χ4v) is 6.02. The lowest BCUT2D eigenvalue weighted by Gasteiger charge is -2.44. The predicted octanol–water partition coefficient (Wildman–Crippen LogP) is 2.76. The Morgan fingerprint density at radius 1 is 1.12 bits per heavy atom. The molecule has 0 unspecified atom stereocenters. The largest absolute Gasteiger partial charge is 0.490 e. The number of hydrogen-bond donors (Lipinski definition) is 2. The zero-order valence-electron chi connectivity index (χ0n) is 18.8. The molecular weight excluding hydrogens is 438 g/mol. The molecule has 1 aromatic heterocycles. The van der Waals surface area contributed by atoms with Crippen molar-refractivity contribution in [3.63, 3.8) is 0 Å². The van der Waals surface area contributed by atoms with Crippen molar-refractivity contribution in [2.75, 3.05) is 26.2 Å². The van der Waals surface area contributed by atoms with E-state index in [4.69, 9.17) is 15.5 Å². The third-order valence-corrected chi connectivity index (χ3v) is 8.01. The second-order valence-corrected chi connectivity index (χ2v) is 10.2. The molecule has 1 aromatic carbocycles. The number of nitrogens with two attached hydrogens (primary N) is 1. The van der Waals surface area contributed by atoms with E-state index in [0.717, 1.165) is 46.2 Å². The van der Waals surface area contributed by atoms with E-state index in [1.807, 2.05) is 12.1 Å². The maximum atomic E-state index is 12.3. The lowest BCUT2D eigenvalue weighted by Crippen LogP contribution is -2.50. The van der Waals surface area contributed by atoms with Gasteiger partial charge in [0.25, 0.3) is 0 Å². The number of urea groups is 1. The Kier molecular flexibility index (Phi) is 6.50. The van der Waals surface area contributed by atoms with Crippen LogP contribution in [-0.2, 0) is 17.8 Å². The van der Waals surface area contributed by atoms with Crippen LogP contribution in [0, 0.1) is 0 Å². The highest BCUT2D eigenvalue weighted by Gasteiger charge is 2.35. The van der Waals surface area contributed by atoms with Crippen LogP contribution in [0.2, 0.25) is 0 Å². The molecule has 2 aliphatic heterocycles. The fraction of sp³-hybridized carbons (Fsp3) is 0.542. The Labute approximate surface area is 198 Å². The van der Waals surface area contributed by atoms with Crippen LogP contribution in [0.25, 0.3) is 10.6 Å². The number of hydrogen-bond acceptors (Lipinski definition) is 6. The van der Waals surface area contributed by atoms with Crippen LogP contribution >= 0.6 is 11.3 Å². The molecule has 3 aliphatic rings. The smallest absolute Gasteiger partial charge is 0.312 e. The number of carbonyl (C=O) groups excluding carboxylic acids is 2. The molecule has 0 bridgehead atoms. The first-order valence-corrected chi connectivity index (χ1v) is 12.7. The molecule has 2 fully saturated rings. The molecule has 1 aliphatic carbocycles. The summed E-state index contributed by atoms with van der Waals surface area (Å²) in [5.74, 6) is 0.787. The summed E-state index contributed by atoms with van der Waals surface area (Å²) in [4.78, 5) is 33.4. The van der Waals surface area contributed by atoms with Crippen molar-refractivity contribution in [3.8, 4) is 16.3 Å². The number of ether oxygens (including phenoxy) is 1. The molecule has 1 saturated carbocycles. The van der Waals surface area contributed by atoms with Crippen LogP contribution in [0.15, 0.2) is 24.3 Å². The number of carbonyl (C=O) groups is 2. The van der Waals surface area contributed by atoms with Gasteiger partial charge in [0.2, 0.25) is 5.91 Å². The molecule has 2 aromatic rings. The van der Waals surface area contributed by atoms with E-state index >= 15 is 0 Å². The Balaban J connectivity index is 1.15. The Morgan fingerprint density at radius 2 is 1.88 bits per heavy atom. The fourth-order valence-electron chi connectivity index (χ4n) is 4.89. The topological polar surface area (TPSA) is 101 Å². The molecule has 0 radical (unpaired) electrons. The molecule has 33 heavy (non-hydrogen) atoms. The minimum atomic E-state index is -0.687. The number of benzene rings is 1. The van der Waals surface area contributed by atoms with Crippen molar-refractivity contribution < 1.29 is 14.3 Å². The first-order chi connectivity index (χ1) is 16.0. The minimum Gasteiger partial charge on any atom is -0.490 e. The molecular formula is C24H31N5O3S. The highest BCUT2D eigenvalue weighted by Crippen LogP contribution is 2.34. The molecule has 5 rings (SSSR count). The van der Waals surface area contributed by atoms with E-state index in [9.17, 15) is 9.59 Å². The van der Waals surface area contributed by atoms with Gasteiger partial charge >= 0.3 is 6.03 Å². The quantitative estimate of drug-likeness (QED) is 0.678. The summed E-state index contributed by atoms with van der Waals surface area (Å²) in [6, 6.07) is 8.23. The van der Waals surface area contributed by atoms with Crippen LogP contribution in [0.1, 0.15) is 42.7 Å². The van der Waals surface area contributed by atoms with Crippen molar-refractivity contribution >= 4 is 23.3 Å². The summed E-state index contributed by atoms with van der Waals surface area (Å²) < 4.78 is 6.20. The minimum absolute atomic E-state index is 0.0719. The summed E-state index contributed by atoms with van der Waals surface area (Å²) >= 11 is 1.62. The molecule has 3 amide bonds. The van der Waals surface area contributed by atoms with Gasteiger partial charge in [0.15, 0.2) is 0 Å². The van der Waals surface area contributed by atoms with Gasteiger partial charge in [-0.3, -0.25) is 4.79 Å². The number of nitrogens with one attached hydrogen (secondary N) is 1. The van der Waals surface area contributed by atoms with Gasteiger partial charge in [-0.05, 0) is 50.2 Å². The molecule has 9 heteroatoms. The highest BCUT2D eigenvalue weighted by molar-refractivity contribution is 7.15. The number of nitrogens with zero attached hydrogens (tertiary/aromatic N) is 3. The summed E-state index contributed by atoms with van der Waals surface area (Å²) in [5.41, 5.74) is 7.18. The van der Waals surface area contributed by atoms with Crippen molar-refractivity contribution in [1.29, 1.82) is 0 Å². The van der Waals surface area contributed by atoms with Gasteiger partial charge in [0.1, 0.15) is 16.9 Å². The predicted molar refractivity (Wildman–Crippen MR) is 127 cm³/mol.